The first kappa shape index (κ1) is 27.7. The highest BCUT2D eigenvalue weighted by Gasteiger charge is 2.17. The van der Waals surface area contributed by atoms with Crippen LogP contribution in [0.25, 0.3) is 0 Å². The van der Waals surface area contributed by atoms with E-state index in [-0.39, 0.29) is 5.69 Å². The maximum Gasteiger partial charge on any atom is 0.354 e. The van der Waals surface area contributed by atoms with Crippen LogP contribution in [-0.4, -0.2) is 27.2 Å². The maximum atomic E-state index is 11.5. The summed E-state index contributed by atoms with van der Waals surface area (Å²) in [5.74, 6) is -0.987. The number of aromatic nitrogens is 2. The molecule has 1 aromatic heterocycles. The molecular weight excluding hydrogens is 400 g/mol. The summed E-state index contributed by atoms with van der Waals surface area (Å²) in [7, 11) is 0. The predicted molar refractivity (Wildman–Crippen MR) is 133 cm³/mol. The molecule has 0 radical (unpaired) electrons. The van der Waals surface area contributed by atoms with Crippen molar-refractivity contribution in [1.29, 1.82) is 0 Å². The summed E-state index contributed by atoms with van der Waals surface area (Å²) in [6.07, 6.45) is 17.0. The van der Waals surface area contributed by atoms with Crippen LogP contribution in [0.4, 0.5) is 0 Å². The van der Waals surface area contributed by atoms with Gasteiger partial charge in [-0.1, -0.05) is 122 Å². The molecule has 1 aromatic carbocycles. The number of carboxylic acids is 1. The van der Waals surface area contributed by atoms with Gasteiger partial charge in [-0.3, -0.25) is 4.57 Å². The van der Waals surface area contributed by atoms with E-state index in [1.807, 2.05) is 44.2 Å². The zero-order chi connectivity index (χ0) is 23.4. The highest BCUT2D eigenvalue weighted by atomic mass is 16.5. The van der Waals surface area contributed by atoms with Crippen LogP contribution in [0.3, 0.4) is 0 Å². The van der Waals surface area contributed by atoms with Crippen molar-refractivity contribution in [2.24, 2.45) is 0 Å². The van der Waals surface area contributed by atoms with Gasteiger partial charge in [0.2, 0.25) is 0 Å². The topological polar surface area (TPSA) is 64.3 Å². The molecule has 32 heavy (non-hydrogen) atoms. The van der Waals surface area contributed by atoms with Crippen LogP contribution in [0.2, 0.25) is 0 Å². The van der Waals surface area contributed by atoms with Gasteiger partial charge in [0.05, 0.1) is 19.3 Å². The fraction of sp³-hybridized carbons (Fsp3) is 0.630. The molecule has 0 spiro atoms. The number of carbonyl (C=O) groups is 1. The molecule has 0 unspecified atom stereocenters. The van der Waals surface area contributed by atoms with Gasteiger partial charge >= 0.3 is 5.97 Å². The number of benzene rings is 1. The average molecular weight is 445 g/mol. The molecule has 2 aromatic rings. The molecule has 1 N–H and O–H groups in total. The smallest absolute Gasteiger partial charge is 0.354 e. The van der Waals surface area contributed by atoms with Crippen LogP contribution in [0, 0.1) is 0 Å². The molecule has 5 heteroatoms. The van der Waals surface area contributed by atoms with Crippen molar-refractivity contribution in [2.45, 2.75) is 104 Å². The molecule has 0 saturated carbocycles. The molecule has 2 rings (SSSR count). The molecule has 1 heterocycles. The molecule has 0 aliphatic rings. The van der Waals surface area contributed by atoms with E-state index in [0.29, 0.717) is 19.2 Å². The van der Waals surface area contributed by atoms with E-state index in [0.717, 1.165) is 18.4 Å². The van der Waals surface area contributed by atoms with Crippen LogP contribution < -0.4 is 4.74 Å². The summed E-state index contributed by atoms with van der Waals surface area (Å²) in [6.45, 7) is 7.27. The van der Waals surface area contributed by atoms with Crippen LogP contribution in [0.1, 0.15) is 114 Å². The predicted octanol–water partition coefficient (Wildman–Crippen LogP) is 7.74. The van der Waals surface area contributed by atoms with Crippen LogP contribution in [0.5, 0.6) is 6.01 Å². The van der Waals surface area contributed by atoms with E-state index in [1.54, 1.807) is 4.57 Å². The lowest BCUT2D eigenvalue weighted by Gasteiger charge is -2.11. The highest BCUT2D eigenvalue weighted by molar-refractivity contribution is 5.85. The second-order valence-corrected chi connectivity index (χ2v) is 8.04. The zero-order valence-electron chi connectivity index (χ0n) is 20.5. The number of carboxylic acid groups (broad SMARTS) is 1. The second-order valence-electron chi connectivity index (χ2n) is 8.04. The van der Waals surface area contributed by atoms with Crippen molar-refractivity contribution in [1.82, 2.24) is 9.55 Å². The molecule has 0 aliphatic heterocycles. The minimum atomic E-state index is -0.987. The Balaban J connectivity index is 0.00000249. The van der Waals surface area contributed by atoms with Crippen LogP contribution in [-0.2, 0) is 6.54 Å². The van der Waals surface area contributed by atoms with Crippen molar-refractivity contribution in [3.05, 3.63) is 47.8 Å². The fourth-order valence-corrected chi connectivity index (χ4v) is 3.67. The van der Waals surface area contributed by atoms with Crippen molar-refractivity contribution in [3.8, 4) is 6.01 Å². The molecule has 5 nitrogen and oxygen atoms in total. The molecule has 180 valence electrons. The molecule has 0 aliphatic carbocycles. The van der Waals surface area contributed by atoms with E-state index in [9.17, 15) is 9.90 Å². The average Bonchev–Trinajstić information content (AvgIpc) is 3.21. The summed E-state index contributed by atoms with van der Waals surface area (Å²) in [4.78, 5) is 15.7. The van der Waals surface area contributed by atoms with Crippen molar-refractivity contribution >= 4 is 5.97 Å². The largest absolute Gasteiger partial charge is 0.477 e. The highest BCUT2D eigenvalue weighted by Crippen LogP contribution is 2.17. The van der Waals surface area contributed by atoms with E-state index in [4.69, 9.17) is 4.74 Å². The Kier molecular flexibility index (Phi) is 15.9. The molecule has 0 saturated heterocycles. The Morgan fingerprint density at radius 1 is 0.875 bits per heavy atom. The van der Waals surface area contributed by atoms with Gasteiger partial charge in [-0.2, -0.15) is 0 Å². The number of hydrogen-bond acceptors (Lipinski definition) is 3. The minimum absolute atomic E-state index is 0.156. The number of unbranched alkanes of at least 4 members (excludes halogenated alkanes) is 11. The summed E-state index contributed by atoms with van der Waals surface area (Å²) >= 11 is 0. The Hall–Kier alpha value is -2.30. The lowest BCUT2D eigenvalue weighted by Crippen LogP contribution is -2.12. The Morgan fingerprint density at radius 3 is 1.94 bits per heavy atom. The van der Waals surface area contributed by atoms with Gasteiger partial charge in [-0.25, -0.2) is 9.78 Å². The first-order valence-corrected chi connectivity index (χ1v) is 12.7. The van der Waals surface area contributed by atoms with Crippen molar-refractivity contribution in [2.75, 3.05) is 6.61 Å². The third-order valence-electron chi connectivity index (χ3n) is 5.45. The summed E-state index contributed by atoms with van der Waals surface area (Å²) in [5.41, 5.74) is 1.18. The Bertz CT molecular complexity index is 713. The van der Waals surface area contributed by atoms with Crippen LogP contribution >= 0.6 is 0 Å². The minimum Gasteiger partial charge on any atom is -0.477 e. The molecule has 0 atom stereocenters. The van der Waals surface area contributed by atoms with Gasteiger partial charge in [-0.15, -0.1) is 0 Å². The number of ether oxygens (including phenoxy) is 1. The number of hydrogen-bond donors (Lipinski definition) is 1. The molecule has 0 fully saturated rings. The summed E-state index contributed by atoms with van der Waals surface area (Å²) in [5, 5.41) is 9.42. The Labute approximate surface area is 195 Å². The fourth-order valence-electron chi connectivity index (χ4n) is 3.67. The van der Waals surface area contributed by atoms with Crippen LogP contribution in [0.15, 0.2) is 36.5 Å². The second kappa shape index (κ2) is 18.3. The normalized spacial score (nSPS) is 10.5. The van der Waals surface area contributed by atoms with E-state index in [1.165, 1.54) is 70.4 Å². The number of aromatic carboxylic acids is 1. The summed E-state index contributed by atoms with van der Waals surface area (Å²) < 4.78 is 7.46. The van der Waals surface area contributed by atoms with E-state index >= 15 is 0 Å². The van der Waals surface area contributed by atoms with Gasteiger partial charge in [0.25, 0.3) is 6.01 Å². The van der Waals surface area contributed by atoms with Gasteiger partial charge in [0.15, 0.2) is 0 Å². The first-order chi connectivity index (χ1) is 15.7. The standard InChI is InChI=1S/C25H38N2O3.C2H6/c1-2-3-4-5-6-7-8-9-10-11-12-16-19-30-25-26-20-23(24(28)29)27(25)21-22-17-14-13-15-18-22;1-2/h13-15,17-18,20H,2-12,16,19,21H2,1H3,(H,28,29);1-2H3. The Morgan fingerprint density at radius 2 is 1.41 bits per heavy atom. The van der Waals surface area contributed by atoms with Gasteiger partial charge in [0.1, 0.15) is 5.69 Å². The van der Waals surface area contributed by atoms with Gasteiger partial charge < -0.3 is 9.84 Å². The maximum absolute atomic E-state index is 11.5. The molecule has 0 amide bonds. The number of rotatable bonds is 17. The number of nitrogens with zero attached hydrogens (tertiary/aromatic N) is 2. The zero-order valence-corrected chi connectivity index (χ0v) is 20.5. The first-order valence-electron chi connectivity index (χ1n) is 12.7. The van der Waals surface area contributed by atoms with Gasteiger partial charge in [0, 0.05) is 0 Å². The van der Waals surface area contributed by atoms with E-state index in [2.05, 4.69) is 11.9 Å². The lowest BCUT2D eigenvalue weighted by atomic mass is 10.1. The lowest BCUT2D eigenvalue weighted by molar-refractivity contribution is 0.0684. The number of imidazole rings is 1. The molecular formula is C27H44N2O3. The molecule has 0 bridgehead atoms. The van der Waals surface area contributed by atoms with Gasteiger partial charge in [-0.05, 0) is 12.0 Å². The quantitative estimate of drug-likeness (QED) is 0.253. The third kappa shape index (κ3) is 11.4. The van der Waals surface area contributed by atoms with E-state index < -0.39 is 5.97 Å². The summed E-state index contributed by atoms with van der Waals surface area (Å²) in [6, 6.07) is 10.2. The SMILES string of the molecule is CC.CCCCCCCCCCCCCCOc1ncc(C(=O)O)n1Cc1ccccc1. The van der Waals surface area contributed by atoms with Crippen molar-refractivity contribution < 1.29 is 14.6 Å². The third-order valence-corrected chi connectivity index (χ3v) is 5.45. The monoisotopic (exact) mass is 444 g/mol. The van der Waals surface area contributed by atoms with Crippen molar-refractivity contribution in [3.63, 3.8) is 0 Å².